The zero-order valence-corrected chi connectivity index (χ0v) is 16.1. The summed E-state index contributed by atoms with van der Waals surface area (Å²) in [5, 5.41) is 0. The largest absolute Gasteiger partial charge is 0.381 e. The molecule has 4 rings (SSSR count). The fourth-order valence-corrected chi connectivity index (χ4v) is 4.95. The van der Waals surface area contributed by atoms with Crippen molar-refractivity contribution in [3.8, 4) is 0 Å². The van der Waals surface area contributed by atoms with Crippen LogP contribution in [-0.2, 0) is 16.1 Å². The molecule has 0 aliphatic carbocycles. The molecule has 4 heterocycles. The topological polar surface area (TPSA) is 37.8 Å². The minimum absolute atomic E-state index is 0.397. The molecule has 3 aliphatic rings. The molecule has 1 spiro atoms. The predicted octanol–water partition coefficient (Wildman–Crippen LogP) is 2.42. The van der Waals surface area contributed by atoms with E-state index in [1.54, 1.807) is 0 Å². The number of aromatic nitrogens is 1. The molecule has 0 radical (unpaired) electrons. The third-order valence-corrected chi connectivity index (χ3v) is 6.62. The van der Waals surface area contributed by atoms with Gasteiger partial charge in [0.1, 0.15) is 0 Å². The van der Waals surface area contributed by atoms with Gasteiger partial charge in [-0.2, -0.15) is 0 Å². The SMILES string of the molecule is CN1CC[C@@H](COCc2ccncc2)CC12CN(CC1CCOCC1)C2. The van der Waals surface area contributed by atoms with Gasteiger partial charge in [0.25, 0.3) is 0 Å². The second kappa shape index (κ2) is 8.34. The Morgan fingerprint density at radius 2 is 1.92 bits per heavy atom. The van der Waals surface area contributed by atoms with Crippen molar-refractivity contribution in [1.29, 1.82) is 0 Å². The first kappa shape index (κ1) is 18.4. The van der Waals surface area contributed by atoms with Gasteiger partial charge in [-0.25, -0.2) is 0 Å². The molecule has 0 bridgehead atoms. The summed E-state index contributed by atoms with van der Waals surface area (Å²) >= 11 is 0. The predicted molar refractivity (Wildman–Crippen MR) is 102 cm³/mol. The first-order valence-corrected chi connectivity index (χ1v) is 10.2. The van der Waals surface area contributed by atoms with Crippen molar-refractivity contribution in [3.63, 3.8) is 0 Å². The maximum absolute atomic E-state index is 6.03. The van der Waals surface area contributed by atoms with Crippen LogP contribution >= 0.6 is 0 Å². The maximum Gasteiger partial charge on any atom is 0.0718 e. The Labute approximate surface area is 157 Å². The number of piperidine rings is 1. The van der Waals surface area contributed by atoms with Crippen LogP contribution in [0.2, 0.25) is 0 Å². The second-order valence-corrected chi connectivity index (χ2v) is 8.60. The van der Waals surface area contributed by atoms with Crippen LogP contribution in [0, 0.1) is 11.8 Å². The molecule has 0 amide bonds. The van der Waals surface area contributed by atoms with E-state index in [2.05, 4.69) is 21.8 Å². The molecule has 1 aromatic heterocycles. The van der Waals surface area contributed by atoms with Crippen LogP contribution in [0.3, 0.4) is 0 Å². The monoisotopic (exact) mass is 359 g/mol. The van der Waals surface area contributed by atoms with Crippen molar-refractivity contribution < 1.29 is 9.47 Å². The molecule has 3 saturated heterocycles. The van der Waals surface area contributed by atoms with Crippen LogP contribution in [0.15, 0.2) is 24.5 Å². The third kappa shape index (κ3) is 4.28. The number of hydrogen-bond donors (Lipinski definition) is 0. The highest BCUT2D eigenvalue weighted by Crippen LogP contribution is 2.39. The molecule has 0 unspecified atom stereocenters. The Kier molecular flexibility index (Phi) is 5.89. The van der Waals surface area contributed by atoms with Gasteiger partial charge in [0.15, 0.2) is 0 Å². The Morgan fingerprint density at radius 1 is 1.15 bits per heavy atom. The number of likely N-dealkylation sites (N-methyl/N-ethyl adjacent to an activating group) is 1. The highest BCUT2D eigenvalue weighted by atomic mass is 16.5. The second-order valence-electron chi connectivity index (χ2n) is 8.60. The Balaban J connectivity index is 1.22. The molecule has 3 fully saturated rings. The van der Waals surface area contributed by atoms with E-state index < -0.39 is 0 Å². The van der Waals surface area contributed by atoms with Crippen molar-refractivity contribution in [3.05, 3.63) is 30.1 Å². The zero-order chi connectivity index (χ0) is 17.8. The summed E-state index contributed by atoms with van der Waals surface area (Å²) in [5.74, 6) is 1.53. The van der Waals surface area contributed by atoms with Gasteiger partial charge in [-0.15, -0.1) is 0 Å². The Hall–Kier alpha value is -1.01. The molecule has 5 nitrogen and oxygen atoms in total. The smallest absolute Gasteiger partial charge is 0.0718 e. The first-order chi connectivity index (χ1) is 12.7. The van der Waals surface area contributed by atoms with Crippen molar-refractivity contribution >= 4 is 0 Å². The molecular formula is C21H33N3O2. The molecule has 1 aromatic rings. The fourth-order valence-electron chi connectivity index (χ4n) is 4.95. The maximum atomic E-state index is 6.03. The van der Waals surface area contributed by atoms with Crippen molar-refractivity contribution in [1.82, 2.24) is 14.8 Å². The summed E-state index contributed by atoms with van der Waals surface area (Å²) in [6.45, 7) is 8.45. The molecule has 0 N–H and O–H groups in total. The molecule has 0 saturated carbocycles. The van der Waals surface area contributed by atoms with E-state index in [4.69, 9.17) is 9.47 Å². The van der Waals surface area contributed by atoms with Gasteiger partial charge < -0.3 is 9.47 Å². The van der Waals surface area contributed by atoms with Gasteiger partial charge in [0.2, 0.25) is 0 Å². The van der Waals surface area contributed by atoms with Gasteiger partial charge in [0, 0.05) is 57.4 Å². The lowest BCUT2D eigenvalue weighted by molar-refractivity contribution is -0.0982. The van der Waals surface area contributed by atoms with Gasteiger partial charge in [-0.05, 0) is 68.8 Å². The van der Waals surface area contributed by atoms with E-state index >= 15 is 0 Å². The van der Waals surface area contributed by atoms with E-state index in [1.807, 2.05) is 24.5 Å². The summed E-state index contributed by atoms with van der Waals surface area (Å²) in [5.41, 5.74) is 1.61. The van der Waals surface area contributed by atoms with Gasteiger partial charge in [-0.1, -0.05) is 0 Å². The summed E-state index contributed by atoms with van der Waals surface area (Å²) < 4.78 is 11.5. The average molecular weight is 360 g/mol. The normalized spacial score (nSPS) is 27.5. The average Bonchev–Trinajstić information content (AvgIpc) is 2.65. The van der Waals surface area contributed by atoms with Crippen LogP contribution in [0.25, 0.3) is 0 Å². The molecule has 26 heavy (non-hydrogen) atoms. The summed E-state index contributed by atoms with van der Waals surface area (Å²) in [7, 11) is 2.32. The number of rotatable bonds is 6. The summed E-state index contributed by atoms with van der Waals surface area (Å²) in [6, 6.07) is 4.08. The highest BCUT2D eigenvalue weighted by Gasteiger charge is 2.49. The standard InChI is InChI=1S/C21H33N3O2/c1-23-9-4-20(15-26-14-19-2-7-22-8-3-19)12-21(23)16-24(17-21)13-18-5-10-25-11-6-18/h2-3,7-8,18,20H,4-6,9-17H2,1H3/t20-/m1/s1. The molecule has 0 aromatic carbocycles. The molecule has 1 atom stereocenters. The van der Waals surface area contributed by atoms with E-state index in [0.717, 1.165) is 25.7 Å². The molecule has 144 valence electrons. The van der Waals surface area contributed by atoms with E-state index in [9.17, 15) is 0 Å². The number of ether oxygens (including phenoxy) is 2. The van der Waals surface area contributed by atoms with Crippen LogP contribution < -0.4 is 0 Å². The van der Waals surface area contributed by atoms with E-state index in [-0.39, 0.29) is 0 Å². The lowest BCUT2D eigenvalue weighted by Gasteiger charge is -2.59. The third-order valence-electron chi connectivity index (χ3n) is 6.62. The van der Waals surface area contributed by atoms with Crippen LogP contribution in [-0.4, -0.2) is 73.4 Å². The highest BCUT2D eigenvalue weighted by molar-refractivity contribution is 5.08. The van der Waals surface area contributed by atoms with Crippen LogP contribution in [0.1, 0.15) is 31.2 Å². The number of nitrogens with zero attached hydrogens (tertiary/aromatic N) is 3. The quantitative estimate of drug-likeness (QED) is 0.780. The first-order valence-electron chi connectivity index (χ1n) is 10.2. The van der Waals surface area contributed by atoms with Gasteiger partial charge in [-0.3, -0.25) is 14.8 Å². The van der Waals surface area contributed by atoms with Crippen molar-refractivity contribution in [2.45, 2.75) is 37.8 Å². The Morgan fingerprint density at radius 3 is 2.69 bits per heavy atom. The Bertz CT molecular complexity index is 556. The van der Waals surface area contributed by atoms with Gasteiger partial charge >= 0.3 is 0 Å². The number of likely N-dealkylation sites (tertiary alicyclic amines) is 2. The summed E-state index contributed by atoms with van der Waals surface area (Å²) in [6.07, 6.45) is 8.70. The zero-order valence-electron chi connectivity index (χ0n) is 16.1. The number of hydrogen-bond acceptors (Lipinski definition) is 5. The van der Waals surface area contributed by atoms with E-state index in [0.29, 0.717) is 18.1 Å². The lowest BCUT2D eigenvalue weighted by atomic mass is 9.75. The summed E-state index contributed by atoms with van der Waals surface area (Å²) in [4.78, 5) is 9.36. The fraction of sp³-hybridized carbons (Fsp3) is 0.762. The van der Waals surface area contributed by atoms with Crippen LogP contribution in [0.5, 0.6) is 0 Å². The minimum Gasteiger partial charge on any atom is -0.381 e. The number of pyridine rings is 1. The molecular weight excluding hydrogens is 326 g/mol. The van der Waals surface area contributed by atoms with Crippen molar-refractivity contribution in [2.24, 2.45) is 11.8 Å². The minimum atomic E-state index is 0.397. The molecule has 3 aliphatic heterocycles. The van der Waals surface area contributed by atoms with E-state index in [1.165, 1.54) is 57.4 Å². The van der Waals surface area contributed by atoms with Crippen molar-refractivity contribution in [2.75, 3.05) is 53.0 Å². The van der Waals surface area contributed by atoms with Crippen LogP contribution in [0.4, 0.5) is 0 Å². The lowest BCUT2D eigenvalue weighted by Crippen LogP contribution is -2.72. The van der Waals surface area contributed by atoms with Gasteiger partial charge in [0.05, 0.1) is 6.61 Å². The molecule has 5 heteroatoms.